The molecule has 1 aromatic carbocycles. The Balaban J connectivity index is 2.66. The normalized spacial score (nSPS) is 10.3. The molecule has 4 nitrogen and oxygen atoms in total. The Hall–Kier alpha value is -2.10. The van der Waals surface area contributed by atoms with Gasteiger partial charge < -0.3 is 10.5 Å². The lowest BCUT2D eigenvalue weighted by molar-refractivity contribution is 0.104. The first-order valence-electron chi connectivity index (χ1n) is 4.89. The van der Waals surface area contributed by atoms with Crippen LogP contribution in [0.15, 0.2) is 36.6 Å². The van der Waals surface area contributed by atoms with Gasteiger partial charge in [-0.25, -0.2) is 4.79 Å². The Kier molecular flexibility index (Phi) is 4.27. The summed E-state index contributed by atoms with van der Waals surface area (Å²) in [6.07, 6.45) is 2.13. The summed E-state index contributed by atoms with van der Waals surface area (Å²) in [7, 11) is 0. The van der Waals surface area contributed by atoms with Crippen LogP contribution in [0, 0.1) is 0 Å². The number of benzene rings is 1. The van der Waals surface area contributed by atoms with Gasteiger partial charge in [-0.2, -0.15) is 0 Å². The van der Waals surface area contributed by atoms with Crippen LogP contribution in [0.3, 0.4) is 0 Å². The van der Waals surface area contributed by atoms with Crippen molar-refractivity contribution >= 4 is 11.9 Å². The molecule has 1 amide bonds. The molecule has 0 bridgehead atoms. The Morgan fingerprint density at radius 3 is 2.44 bits per heavy atom. The Labute approximate surface area is 93.7 Å². The van der Waals surface area contributed by atoms with Crippen molar-refractivity contribution in [3.63, 3.8) is 0 Å². The van der Waals surface area contributed by atoms with Gasteiger partial charge in [0.05, 0.1) is 0 Å². The highest BCUT2D eigenvalue weighted by Gasteiger charge is 2.01. The van der Waals surface area contributed by atoms with Gasteiger partial charge >= 0.3 is 6.09 Å². The minimum atomic E-state index is -0.939. The molecule has 16 heavy (non-hydrogen) atoms. The fraction of sp³-hybridized carbons (Fsp3) is 0.167. The molecule has 1 rings (SSSR count). The molecule has 0 aliphatic rings. The van der Waals surface area contributed by atoms with Crippen LogP contribution in [0.1, 0.15) is 22.8 Å². The van der Waals surface area contributed by atoms with Crippen molar-refractivity contribution in [1.82, 2.24) is 0 Å². The fourth-order valence-electron chi connectivity index (χ4n) is 1.16. The van der Waals surface area contributed by atoms with Crippen LogP contribution in [-0.4, -0.2) is 11.9 Å². The number of ketones is 1. The Morgan fingerprint density at radius 1 is 1.31 bits per heavy atom. The van der Waals surface area contributed by atoms with Crippen LogP contribution in [0.5, 0.6) is 0 Å². The number of hydrogen-bond acceptors (Lipinski definition) is 3. The molecule has 0 heterocycles. The summed E-state index contributed by atoms with van der Waals surface area (Å²) in [4.78, 5) is 21.7. The van der Waals surface area contributed by atoms with E-state index in [1.807, 2.05) is 19.1 Å². The van der Waals surface area contributed by atoms with Crippen molar-refractivity contribution in [2.24, 2.45) is 5.73 Å². The zero-order valence-corrected chi connectivity index (χ0v) is 8.97. The number of carbonyl (C=O) groups excluding carboxylic acids is 2. The minimum absolute atomic E-state index is 0.232. The molecule has 1 aromatic rings. The van der Waals surface area contributed by atoms with E-state index in [1.165, 1.54) is 0 Å². The second kappa shape index (κ2) is 5.70. The first kappa shape index (κ1) is 12.0. The van der Waals surface area contributed by atoms with E-state index >= 15 is 0 Å². The van der Waals surface area contributed by atoms with Gasteiger partial charge in [0.25, 0.3) is 0 Å². The standard InChI is InChI=1S/C12H13NO3/c1-2-9-3-5-10(6-4-9)11(14)7-8-16-12(13)15/h3-8H,2H2,1H3,(H2,13,15)/b8-7+. The number of aryl methyl sites for hydroxylation is 1. The van der Waals surface area contributed by atoms with E-state index < -0.39 is 6.09 Å². The zero-order chi connectivity index (χ0) is 12.0. The van der Waals surface area contributed by atoms with Gasteiger partial charge in [-0.05, 0) is 12.0 Å². The SMILES string of the molecule is CCc1ccc(C(=O)/C=C/OC(N)=O)cc1. The largest absolute Gasteiger partial charge is 0.418 e. The number of carbonyl (C=O) groups is 2. The molecular formula is C12H13NO3. The van der Waals surface area contributed by atoms with Gasteiger partial charge in [0.2, 0.25) is 0 Å². The van der Waals surface area contributed by atoms with Crippen LogP contribution in [0.4, 0.5) is 4.79 Å². The molecule has 0 aliphatic heterocycles. The molecule has 0 radical (unpaired) electrons. The van der Waals surface area contributed by atoms with Gasteiger partial charge in [-0.15, -0.1) is 0 Å². The van der Waals surface area contributed by atoms with Gasteiger partial charge in [0.15, 0.2) is 5.78 Å². The quantitative estimate of drug-likeness (QED) is 0.478. The van der Waals surface area contributed by atoms with Crippen LogP contribution in [0.2, 0.25) is 0 Å². The van der Waals surface area contributed by atoms with Gasteiger partial charge in [-0.3, -0.25) is 4.79 Å². The van der Waals surface area contributed by atoms with Gasteiger partial charge in [-0.1, -0.05) is 31.2 Å². The van der Waals surface area contributed by atoms with Crippen molar-refractivity contribution in [3.8, 4) is 0 Å². The van der Waals surface area contributed by atoms with Crippen molar-refractivity contribution in [2.75, 3.05) is 0 Å². The first-order chi connectivity index (χ1) is 7.63. The molecule has 0 saturated heterocycles. The van der Waals surface area contributed by atoms with E-state index in [2.05, 4.69) is 4.74 Å². The first-order valence-corrected chi connectivity index (χ1v) is 4.89. The van der Waals surface area contributed by atoms with E-state index in [1.54, 1.807) is 12.1 Å². The third-order valence-corrected chi connectivity index (χ3v) is 2.05. The maximum Gasteiger partial charge on any atom is 0.409 e. The molecular weight excluding hydrogens is 206 g/mol. The molecule has 0 aliphatic carbocycles. The van der Waals surface area contributed by atoms with Crippen molar-refractivity contribution in [1.29, 1.82) is 0 Å². The summed E-state index contributed by atoms with van der Waals surface area (Å²) in [5.74, 6) is -0.232. The van der Waals surface area contributed by atoms with Gasteiger partial charge in [0, 0.05) is 11.6 Å². The molecule has 0 atom stereocenters. The minimum Gasteiger partial charge on any atom is -0.418 e. The molecule has 0 spiro atoms. The maximum atomic E-state index is 11.5. The third kappa shape index (κ3) is 3.57. The molecule has 4 heteroatoms. The lowest BCUT2D eigenvalue weighted by Gasteiger charge is -1.98. The number of primary amides is 1. The van der Waals surface area contributed by atoms with Crippen LogP contribution < -0.4 is 5.73 Å². The fourth-order valence-corrected chi connectivity index (χ4v) is 1.16. The van der Waals surface area contributed by atoms with E-state index in [9.17, 15) is 9.59 Å². The number of hydrogen-bond donors (Lipinski definition) is 1. The highest BCUT2D eigenvalue weighted by atomic mass is 16.5. The van der Waals surface area contributed by atoms with Crippen molar-refractivity contribution in [3.05, 3.63) is 47.7 Å². The number of allylic oxidation sites excluding steroid dienone is 1. The van der Waals surface area contributed by atoms with Gasteiger partial charge in [0.1, 0.15) is 6.26 Å². The van der Waals surface area contributed by atoms with E-state index in [0.717, 1.165) is 24.3 Å². The summed E-state index contributed by atoms with van der Waals surface area (Å²) in [6.45, 7) is 2.04. The summed E-state index contributed by atoms with van der Waals surface area (Å²) in [6, 6.07) is 7.23. The molecule has 0 saturated carbocycles. The molecule has 0 aromatic heterocycles. The average Bonchev–Trinajstić information content (AvgIpc) is 2.28. The van der Waals surface area contributed by atoms with Crippen LogP contribution >= 0.6 is 0 Å². The summed E-state index contributed by atoms with van der Waals surface area (Å²) in [5, 5.41) is 0. The Morgan fingerprint density at radius 2 is 1.94 bits per heavy atom. The summed E-state index contributed by atoms with van der Waals surface area (Å²) >= 11 is 0. The smallest absolute Gasteiger partial charge is 0.409 e. The van der Waals surface area contributed by atoms with Crippen LogP contribution in [0.25, 0.3) is 0 Å². The molecule has 0 unspecified atom stereocenters. The van der Waals surface area contributed by atoms with Crippen LogP contribution in [-0.2, 0) is 11.2 Å². The Bertz CT molecular complexity index is 407. The van der Waals surface area contributed by atoms with E-state index in [0.29, 0.717) is 5.56 Å². The second-order valence-corrected chi connectivity index (χ2v) is 3.15. The third-order valence-electron chi connectivity index (χ3n) is 2.05. The number of rotatable bonds is 4. The van der Waals surface area contributed by atoms with E-state index in [4.69, 9.17) is 5.73 Å². The highest BCUT2D eigenvalue weighted by molar-refractivity contribution is 6.04. The highest BCUT2D eigenvalue weighted by Crippen LogP contribution is 2.06. The number of ether oxygens (including phenoxy) is 1. The van der Waals surface area contributed by atoms with Crippen molar-refractivity contribution in [2.45, 2.75) is 13.3 Å². The lowest BCUT2D eigenvalue weighted by Crippen LogP contribution is -2.09. The maximum absolute atomic E-state index is 11.5. The average molecular weight is 219 g/mol. The number of amides is 1. The lowest BCUT2D eigenvalue weighted by atomic mass is 10.1. The summed E-state index contributed by atoms with van der Waals surface area (Å²) in [5.41, 5.74) is 6.44. The number of nitrogens with two attached hydrogens (primary N) is 1. The predicted octanol–water partition coefficient (Wildman–Crippen LogP) is 2.04. The second-order valence-electron chi connectivity index (χ2n) is 3.15. The molecule has 84 valence electrons. The van der Waals surface area contributed by atoms with Crippen molar-refractivity contribution < 1.29 is 14.3 Å². The summed E-state index contributed by atoms with van der Waals surface area (Å²) < 4.78 is 4.32. The zero-order valence-electron chi connectivity index (χ0n) is 8.97. The monoisotopic (exact) mass is 219 g/mol. The topological polar surface area (TPSA) is 69.4 Å². The van der Waals surface area contributed by atoms with E-state index in [-0.39, 0.29) is 5.78 Å². The predicted molar refractivity (Wildman–Crippen MR) is 60.0 cm³/mol. The molecule has 2 N–H and O–H groups in total. The molecule has 0 fully saturated rings.